The Morgan fingerprint density at radius 2 is 0.917 bits per heavy atom. The van der Waals surface area contributed by atoms with Crippen molar-refractivity contribution in [2.24, 2.45) is 0 Å². The van der Waals surface area contributed by atoms with Gasteiger partial charge < -0.3 is 0 Å². The van der Waals surface area contributed by atoms with Gasteiger partial charge in [0.15, 0.2) is 0 Å². The largest absolute Gasteiger partial charge is 0.0882 e. The molecule has 0 unspecified atom stereocenters. The molecular weight excluding hydrogens is 144 g/mol. The summed E-state index contributed by atoms with van der Waals surface area (Å²) in [6.07, 6.45) is 21.0. The minimum Gasteiger partial charge on any atom is -0.0882 e. The van der Waals surface area contributed by atoms with Gasteiger partial charge in [-0.25, -0.2) is 0 Å². The third kappa shape index (κ3) is 4.95. The molecule has 0 heteroatoms. The van der Waals surface area contributed by atoms with Gasteiger partial charge in [-0.05, 0) is 38.5 Å². The van der Waals surface area contributed by atoms with Crippen LogP contribution in [0.4, 0.5) is 0 Å². The maximum Gasteiger partial charge on any atom is -0.0169 e. The molecule has 0 fully saturated rings. The minimum atomic E-state index is 1.10. The lowest BCUT2D eigenvalue weighted by Crippen LogP contribution is -1.73. The Balaban J connectivity index is 2.31. The average molecular weight is 162 g/mol. The van der Waals surface area contributed by atoms with Crippen molar-refractivity contribution in [1.82, 2.24) is 0 Å². The van der Waals surface area contributed by atoms with E-state index in [1.54, 1.807) is 0 Å². The van der Waals surface area contributed by atoms with Crippen molar-refractivity contribution in [2.45, 2.75) is 38.5 Å². The second-order valence-corrected chi connectivity index (χ2v) is 3.17. The third-order valence-corrected chi connectivity index (χ3v) is 2.04. The van der Waals surface area contributed by atoms with Crippen molar-refractivity contribution < 1.29 is 0 Å². The molecule has 0 saturated heterocycles. The van der Waals surface area contributed by atoms with Gasteiger partial charge in [-0.1, -0.05) is 36.5 Å². The summed E-state index contributed by atoms with van der Waals surface area (Å²) in [5.74, 6) is 0. The average Bonchev–Trinajstić information content (AvgIpc) is 2.05. The molecule has 0 bridgehead atoms. The monoisotopic (exact) mass is 162 g/mol. The molecule has 0 amide bonds. The summed E-state index contributed by atoms with van der Waals surface area (Å²) in [5, 5.41) is 0. The molecule has 0 aromatic rings. The van der Waals surface area contributed by atoms with Gasteiger partial charge in [0.25, 0.3) is 0 Å². The normalized spacial score (nSPS) is 28.0. The lowest BCUT2D eigenvalue weighted by Gasteiger charge is -1.94. The van der Waals surface area contributed by atoms with Crippen LogP contribution in [-0.4, -0.2) is 0 Å². The quantitative estimate of drug-likeness (QED) is 0.472. The molecule has 0 aromatic heterocycles. The fraction of sp³-hybridized carbons (Fsp3) is 0.500. The molecule has 66 valence electrons. The van der Waals surface area contributed by atoms with Crippen molar-refractivity contribution in [3.8, 4) is 0 Å². The van der Waals surface area contributed by atoms with Crippen molar-refractivity contribution in [2.75, 3.05) is 0 Å². The fourth-order valence-corrected chi connectivity index (χ4v) is 1.30. The summed E-state index contributed by atoms with van der Waals surface area (Å²) in [6.45, 7) is 0. The van der Waals surface area contributed by atoms with Gasteiger partial charge in [-0.3, -0.25) is 0 Å². The minimum absolute atomic E-state index is 1.10. The highest BCUT2D eigenvalue weighted by Crippen LogP contribution is 2.04. The van der Waals surface area contributed by atoms with Crippen LogP contribution in [0.5, 0.6) is 0 Å². The van der Waals surface area contributed by atoms with Crippen LogP contribution in [0.1, 0.15) is 38.5 Å². The van der Waals surface area contributed by atoms with Crippen LogP contribution in [-0.2, 0) is 0 Å². The van der Waals surface area contributed by atoms with Crippen LogP contribution in [0.15, 0.2) is 36.5 Å². The molecule has 1 aliphatic rings. The molecule has 0 atom stereocenters. The van der Waals surface area contributed by atoms with Gasteiger partial charge in [-0.2, -0.15) is 0 Å². The second-order valence-electron chi connectivity index (χ2n) is 3.17. The molecule has 0 spiro atoms. The highest BCUT2D eigenvalue weighted by Gasteiger charge is 1.84. The molecule has 0 N–H and O–H groups in total. The topological polar surface area (TPSA) is 0 Å². The molecular formula is C12H18. The van der Waals surface area contributed by atoms with E-state index in [2.05, 4.69) is 36.5 Å². The molecule has 12 heavy (non-hydrogen) atoms. The number of rotatable bonds is 0. The second kappa shape index (κ2) is 6.90. The van der Waals surface area contributed by atoms with Crippen molar-refractivity contribution >= 4 is 0 Å². The van der Waals surface area contributed by atoms with E-state index in [-0.39, 0.29) is 0 Å². The zero-order valence-electron chi connectivity index (χ0n) is 7.71. The molecule has 0 aliphatic heterocycles. The van der Waals surface area contributed by atoms with E-state index in [1.807, 2.05) is 0 Å². The third-order valence-electron chi connectivity index (χ3n) is 2.04. The molecule has 1 rings (SSSR count). The molecule has 0 nitrogen and oxygen atoms in total. The van der Waals surface area contributed by atoms with Gasteiger partial charge in [-0.15, -0.1) is 0 Å². The highest BCUT2D eigenvalue weighted by molar-refractivity contribution is 4.97. The Morgan fingerprint density at radius 1 is 0.500 bits per heavy atom. The van der Waals surface area contributed by atoms with Crippen LogP contribution in [0.3, 0.4) is 0 Å². The van der Waals surface area contributed by atoms with Crippen molar-refractivity contribution in [3.05, 3.63) is 36.5 Å². The van der Waals surface area contributed by atoms with Gasteiger partial charge in [0.05, 0.1) is 0 Å². The number of hydrogen-bond donors (Lipinski definition) is 0. The van der Waals surface area contributed by atoms with Crippen LogP contribution in [0, 0.1) is 0 Å². The van der Waals surface area contributed by atoms with E-state index in [1.165, 1.54) is 25.7 Å². The smallest absolute Gasteiger partial charge is 0.0169 e. The Kier molecular flexibility index (Phi) is 5.35. The maximum atomic E-state index is 2.30. The van der Waals surface area contributed by atoms with Gasteiger partial charge >= 0.3 is 0 Å². The molecule has 1 aliphatic carbocycles. The van der Waals surface area contributed by atoms with Crippen LogP contribution >= 0.6 is 0 Å². The van der Waals surface area contributed by atoms with E-state index < -0.39 is 0 Å². The lowest BCUT2D eigenvalue weighted by atomic mass is 10.1. The SMILES string of the molecule is C1=C\C/C=C/CCCC/C=C\C/1. The predicted molar refractivity (Wildman–Crippen MR) is 55.1 cm³/mol. The fourth-order valence-electron chi connectivity index (χ4n) is 1.30. The zero-order valence-corrected chi connectivity index (χ0v) is 7.71. The molecule has 0 saturated carbocycles. The summed E-state index contributed by atoms with van der Waals surface area (Å²) in [5.41, 5.74) is 0. The Labute approximate surface area is 75.7 Å². The summed E-state index contributed by atoms with van der Waals surface area (Å²) < 4.78 is 0. The first kappa shape index (κ1) is 9.31. The van der Waals surface area contributed by atoms with Gasteiger partial charge in [0, 0.05) is 0 Å². The number of hydrogen-bond acceptors (Lipinski definition) is 0. The van der Waals surface area contributed by atoms with Gasteiger partial charge in [0.1, 0.15) is 0 Å². The maximum absolute atomic E-state index is 2.30. The molecule has 0 aromatic carbocycles. The van der Waals surface area contributed by atoms with E-state index in [0.717, 1.165) is 12.8 Å². The number of allylic oxidation sites excluding steroid dienone is 6. The Bertz CT molecular complexity index is 152. The van der Waals surface area contributed by atoms with Crippen molar-refractivity contribution in [3.63, 3.8) is 0 Å². The zero-order chi connectivity index (χ0) is 8.49. The predicted octanol–water partition coefficient (Wildman–Crippen LogP) is 4.01. The standard InChI is InChI=1S/C12H18/c1-2-4-6-8-10-12-11-9-7-5-3-1/h1-2,5-8H,3-4,9-12H2/b2-1-,7-5-,8-6+. The lowest BCUT2D eigenvalue weighted by molar-refractivity contribution is 0.760. The summed E-state index contributed by atoms with van der Waals surface area (Å²) >= 11 is 0. The highest BCUT2D eigenvalue weighted by atomic mass is 13.9. The first-order chi connectivity index (χ1) is 6.00. The van der Waals surface area contributed by atoms with Crippen LogP contribution in [0.25, 0.3) is 0 Å². The Hall–Kier alpha value is -0.780. The molecule has 0 heterocycles. The summed E-state index contributed by atoms with van der Waals surface area (Å²) in [6, 6.07) is 0. The van der Waals surface area contributed by atoms with E-state index in [4.69, 9.17) is 0 Å². The summed E-state index contributed by atoms with van der Waals surface area (Å²) in [7, 11) is 0. The first-order valence-corrected chi connectivity index (χ1v) is 4.95. The van der Waals surface area contributed by atoms with Crippen LogP contribution < -0.4 is 0 Å². The Morgan fingerprint density at radius 3 is 1.42 bits per heavy atom. The first-order valence-electron chi connectivity index (χ1n) is 4.95. The van der Waals surface area contributed by atoms with Crippen LogP contribution in [0.2, 0.25) is 0 Å². The molecule has 0 radical (unpaired) electrons. The van der Waals surface area contributed by atoms with Crippen molar-refractivity contribution in [1.29, 1.82) is 0 Å². The van der Waals surface area contributed by atoms with E-state index in [0.29, 0.717) is 0 Å². The summed E-state index contributed by atoms with van der Waals surface area (Å²) in [4.78, 5) is 0. The van der Waals surface area contributed by atoms with Gasteiger partial charge in [0.2, 0.25) is 0 Å². The van der Waals surface area contributed by atoms with E-state index >= 15 is 0 Å². The van der Waals surface area contributed by atoms with E-state index in [9.17, 15) is 0 Å².